The molecule has 4 aliphatic rings. The van der Waals surface area contributed by atoms with Crippen molar-refractivity contribution in [1.82, 2.24) is 0 Å². The lowest BCUT2D eigenvalue weighted by Gasteiger charge is -2.34. The summed E-state index contributed by atoms with van der Waals surface area (Å²) in [6.07, 6.45) is 9.09. The molecule has 1 heteroatoms. The molecule has 11 rings (SSSR count). The summed E-state index contributed by atoms with van der Waals surface area (Å²) in [7, 11) is 0. The molecule has 7 aromatic rings. The Morgan fingerprint density at radius 2 is 0.930 bits per heavy atom. The topological polar surface area (TPSA) is 3.24 Å². The Morgan fingerprint density at radius 3 is 1.63 bits per heavy atom. The van der Waals surface area contributed by atoms with Gasteiger partial charge in [0.15, 0.2) is 0 Å². The Labute approximate surface area is 337 Å². The molecule has 0 amide bonds. The summed E-state index contributed by atoms with van der Waals surface area (Å²) in [5.74, 6) is 0. The Hall–Kier alpha value is -6.18. The van der Waals surface area contributed by atoms with Gasteiger partial charge >= 0.3 is 0 Å². The minimum atomic E-state index is -0.227. The van der Waals surface area contributed by atoms with Gasteiger partial charge in [-0.15, -0.1) is 0 Å². The Balaban J connectivity index is 1.17. The first-order valence-electron chi connectivity index (χ1n) is 20.7. The largest absolute Gasteiger partial charge is 0.310 e. The van der Waals surface area contributed by atoms with Gasteiger partial charge in [0.05, 0.1) is 5.69 Å². The van der Waals surface area contributed by atoms with E-state index < -0.39 is 0 Å². The van der Waals surface area contributed by atoms with Crippen LogP contribution in [0.5, 0.6) is 0 Å². The minimum Gasteiger partial charge on any atom is -0.310 e. The number of hydrogen-bond donors (Lipinski definition) is 0. The Kier molecular flexibility index (Phi) is 7.27. The van der Waals surface area contributed by atoms with Crippen molar-refractivity contribution >= 4 is 17.1 Å². The number of hydrogen-bond acceptors (Lipinski definition) is 1. The average Bonchev–Trinajstić information content (AvgIpc) is 3.75. The van der Waals surface area contributed by atoms with Gasteiger partial charge in [0.2, 0.25) is 0 Å². The van der Waals surface area contributed by atoms with E-state index in [-0.39, 0.29) is 16.2 Å². The van der Waals surface area contributed by atoms with Crippen molar-refractivity contribution in [2.24, 2.45) is 0 Å². The minimum absolute atomic E-state index is 0.0838. The molecule has 276 valence electrons. The first-order chi connectivity index (χ1) is 27.7. The van der Waals surface area contributed by atoms with Crippen LogP contribution in [0.3, 0.4) is 0 Å². The van der Waals surface area contributed by atoms with Crippen molar-refractivity contribution in [3.05, 3.63) is 209 Å². The molecule has 1 nitrogen and oxygen atoms in total. The molecule has 0 bridgehead atoms. The Morgan fingerprint density at radius 1 is 0.421 bits per heavy atom. The first kappa shape index (κ1) is 34.1. The molecular formula is C56H47N. The lowest BCUT2D eigenvalue weighted by atomic mass is 9.71. The SMILES string of the molecule is CC1(C)c2ccccc2-c2ccc(N(c3ccc4c(c3)C(C)(C3=CC=CCC3)c3ccccc3-4)c3ccccc3-c3cccc4c3-c3ccccc3C4(C)C)cc21. The van der Waals surface area contributed by atoms with E-state index in [1.807, 2.05) is 0 Å². The zero-order valence-electron chi connectivity index (χ0n) is 33.5. The quantitative estimate of drug-likeness (QED) is 0.170. The summed E-state index contributed by atoms with van der Waals surface area (Å²) >= 11 is 0. The van der Waals surface area contributed by atoms with Crippen LogP contribution in [0, 0.1) is 0 Å². The summed E-state index contributed by atoms with van der Waals surface area (Å²) in [5, 5.41) is 0. The number of anilines is 3. The highest BCUT2D eigenvalue weighted by atomic mass is 15.1. The lowest BCUT2D eigenvalue weighted by Crippen LogP contribution is -2.25. The van der Waals surface area contributed by atoms with E-state index in [4.69, 9.17) is 0 Å². The van der Waals surface area contributed by atoms with Crippen LogP contribution in [-0.2, 0) is 16.2 Å². The molecule has 0 saturated heterocycles. The maximum absolute atomic E-state index is 2.55. The summed E-state index contributed by atoms with van der Waals surface area (Å²) in [5.41, 5.74) is 23.5. The number of fused-ring (bicyclic) bond motifs is 9. The van der Waals surface area contributed by atoms with E-state index in [0.717, 1.165) is 12.8 Å². The summed E-state index contributed by atoms with van der Waals surface area (Å²) < 4.78 is 0. The molecule has 0 aromatic heterocycles. The Bertz CT molecular complexity index is 2880. The summed E-state index contributed by atoms with van der Waals surface area (Å²) in [4.78, 5) is 2.55. The van der Waals surface area contributed by atoms with E-state index >= 15 is 0 Å². The molecule has 57 heavy (non-hydrogen) atoms. The highest BCUT2D eigenvalue weighted by Gasteiger charge is 2.43. The van der Waals surface area contributed by atoms with Crippen LogP contribution in [0.25, 0.3) is 44.5 Å². The molecule has 1 atom stereocenters. The van der Waals surface area contributed by atoms with Gasteiger partial charge in [-0.2, -0.15) is 0 Å². The molecule has 4 aliphatic carbocycles. The highest BCUT2D eigenvalue weighted by Crippen LogP contribution is 2.58. The number of rotatable bonds is 5. The molecule has 1 unspecified atom stereocenters. The zero-order valence-corrected chi connectivity index (χ0v) is 33.5. The molecule has 0 radical (unpaired) electrons. The zero-order chi connectivity index (χ0) is 38.7. The van der Waals surface area contributed by atoms with Crippen LogP contribution < -0.4 is 4.90 Å². The second-order valence-corrected chi connectivity index (χ2v) is 17.7. The van der Waals surface area contributed by atoms with Gasteiger partial charge in [-0.05, 0) is 122 Å². The van der Waals surface area contributed by atoms with Crippen molar-refractivity contribution in [3.63, 3.8) is 0 Å². The molecule has 0 fully saturated rings. The third-order valence-electron chi connectivity index (χ3n) is 14.1. The van der Waals surface area contributed by atoms with Crippen molar-refractivity contribution < 1.29 is 0 Å². The van der Waals surface area contributed by atoms with E-state index in [1.165, 1.54) is 101 Å². The molecule has 0 N–H and O–H groups in total. The fourth-order valence-corrected chi connectivity index (χ4v) is 11.1. The van der Waals surface area contributed by atoms with Crippen LogP contribution in [0.4, 0.5) is 17.1 Å². The lowest BCUT2D eigenvalue weighted by molar-refractivity contribution is 0.650. The first-order valence-corrected chi connectivity index (χ1v) is 20.7. The van der Waals surface area contributed by atoms with Gasteiger partial charge < -0.3 is 4.90 Å². The monoisotopic (exact) mass is 733 g/mol. The van der Waals surface area contributed by atoms with Gasteiger partial charge in [-0.1, -0.05) is 173 Å². The van der Waals surface area contributed by atoms with E-state index in [1.54, 1.807) is 0 Å². The van der Waals surface area contributed by atoms with Gasteiger partial charge in [0.25, 0.3) is 0 Å². The van der Waals surface area contributed by atoms with Crippen molar-refractivity contribution in [2.75, 3.05) is 4.90 Å². The third-order valence-corrected chi connectivity index (χ3v) is 14.1. The highest BCUT2D eigenvalue weighted by molar-refractivity contribution is 5.99. The van der Waals surface area contributed by atoms with Gasteiger partial charge in [0.1, 0.15) is 0 Å². The average molecular weight is 734 g/mol. The molecule has 7 aromatic carbocycles. The van der Waals surface area contributed by atoms with E-state index in [2.05, 4.69) is 209 Å². The molecule has 0 spiro atoms. The normalized spacial score (nSPS) is 18.5. The summed E-state index contributed by atoms with van der Waals surface area (Å²) in [6.45, 7) is 12.0. The van der Waals surface area contributed by atoms with Crippen molar-refractivity contribution in [2.45, 2.75) is 63.7 Å². The maximum atomic E-state index is 2.55. The molecular weight excluding hydrogens is 687 g/mol. The van der Waals surface area contributed by atoms with Crippen molar-refractivity contribution in [3.8, 4) is 44.5 Å². The van der Waals surface area contributed by atoms with Gasteiger partial charge in [-0.25, -0.2) is 0 Å². The predicted octanol–water partition coefficient (Wildman–Crippen LogP) is 15.0. The smallest absolute Gasteiger partial charge is 0.0540 e. The van der Waals surface area contributed by atoms with Crippen LogP contribution in [0.1, 0.15) is 80.8 Å². The molecule has 0 saturated carbocycles. The molecule has 0 heterocycles. The third kappa shape index (κ3) is 4.69. The van der Waals surface area contributed by atoms with Gasteiger partial charge in [0, 0.05) is 33.2 Å². The fourth-order valence-electron chi connectivity index (χ4n) is 11.1. The van der Waals surface area contributed by atoms with Crippen LogP contribution in [-0.4, -0.2) is 0 Å². The van der Waals surface area contributed by atoms with Crippen LogP contribution in [0.2, 0.25) is 0 Å². The predicted molar refractivity (Wildman–Crippen MR) is 240 cm³/mol. The van der Waals surface area contributed by atoms with Gasteiger partial charge in [-0.3, -0.25) is 0 Å². The molecule has 0 aliphatic heterocycles. The standard InChI is InChI=1S/C56H47N/c1-54(2)47-26-14-11-23-45(47)53-44(24-17-28-49(53)54)43-22-12-16-29-52(43)57(37-30-32-41-39-20-9-13-25-46(39)55(3,4)50(41)34-37)38-31-33-42-40-21-10-15-27-48(40)56(5,51(42)35-38)36-18-7-6-8-19-36/h6-7,9-18,20-35H,8,19H2,1-5H3. The van der Waals surface area contributed by atoms with E-state index in [9.17, 15) is 0 Å². The second kappa shape index (κ2) is 12.2. The van der Waals surface area contributed by atoms with Crippen LogP contribution in [0.15, 0.2) is 175 Å². The number of allylic oxidation sites excluding steroid dienone is 4. The maximum Gasteiger partial charge on any atom is 0.0540 e. The second-order valence-electron chi connectivity index (χ2n) is 17.7. The fraction of sp³-hybridized carbons (Fsp3) is 0.179. The van der Waals surface area contributed by atoms with Crippen LogP contribution >= 0.6 is 0 Å². The van der Waals surface area contributed by atoms with E-state index in [0.29, 0.717) is 0 Å². The number of benzene rings is 7. The van der Waals surface area contributed by atoms with Crippen molar-refractivity contribution in [1.29, 1.82) is 0 Å². The number of nitrogens with zero attached hydrogens (tertiary/aromatic N) is 1. The number of para-hydroxylation sites is 1. The summed E-state index contributed by atoms with van der Waals surface area (Å²) in [6, 6.07) is 57.6.